The van der Waals surface area contributed by atoms with Crippen LogP contribution in [0.15, 0.2) is 48.9 Å². The molecule has 2 aromatic heterocycles. The zero-order chi connectivity index (χ0) is 26.9. The molecule has 10 heteroatoms. The van der Waals surface area contributed by atoms with Crippen molar-refractivity contribution >= 4 is 29.6 Å². The number of amides is 4. The first-order valence-electron chi connectivity index (χ1n) is 12.3. The van der Waals surface area contributed by atoms with E-state index in [9.17, 15) is 14.4 Å². The van der Waals surface area contributed by atoms with Crippen molar-refractivity contribution in [1.82, 2.24) is 24.8 Å². The Balaban J connectivity index is 1.61. The van der Waals surface area contributed by atoms with Crippen LogP contribution in [0, 0.1) is 19.8 Å². The SMILES string of the molecule is CC[C@@H](NC(=O)N1C(=O)[C@H](Cc2ccnc(N)c2)[C@H]1C(=O)N(C)c1nccn1C)c1ccc(C)c(C)c1. The first-order chi connectivity index (χ1) is 17.6. The van der Waals surface area contributed by atoms with Crippen molar-refractivity contribution < 1.29 is 14.4 Å². The molecule has 4 amide bonds. The van der Waals surface area contributed by atoms with Crippen LogP contribution >= 0.6 is 0 Å². The number of pyridine rings is 1. The third-order valence-electron chi connectivity index (χ3n) is 7.05. The predicted octanol–water partition coefficient (Wildman–Crippen LogP) is 2.91. The minimum atomic E-state index is -0.985. The minimum absolute atomic E-state index is 0.258. The van der Waals surface area contributed by atoms with Crippen molar-refractivity contribution in [1.29, 1.82) is 0 Å². The van der Waals surface area contributed by atoms with Gasteiger partial charge in [0.1, 0.15) is 11.9 Å². The normalized spacial score (nSPS) is 17.8. The predicted molar refractivity (Wildman–Crippen MR) is 141 cm³/mol. The third-order valence-corrected chi connectivity index (χ3v) is 7.05. The van der Waals surface area contributed by atoms with Gasteiger partial charge in [-0.1, -0.05) is 25.1 Å². The van der Waals surface area contributed by atoms with Gasteiger partial charge in [0.15, 0.2) is 0 Å². The molecule has 0 unspecified atom stereocenters. The fraction of sp³-hybridized carbons (Fsp3) is 0.370. The number of imidazole rings is 1. The summed E-state index contributed by atoms with van der Waals surface area (Å²) >= 11 is 0. The maximum absolute atomic E-state index is 13.7. The monoisotopic (exact) mass is 503 g/mol. The molecule has 0 bridgehead atoms. The van der Waals surface area contributed by atoms with E-state index in [2.05, 4.69) is 15.3 Å². The van der Waals surface area contributed by atoms with Crippen LogP contribution in [0.3, 0.4) is 0 Å². The number of likely N-dealkylation sites (N-methyl/N-ethyl adjacent to an activating group) is 1. The summed E-state index contributed by atoms with van der Waals surface area (Å²) in [5.41, 5.74) is 9.81. The van der Waals surface area contributed by atoms with Crippen LogP contribution in [-0.2, 0) is 23.1 Å². The molecule has 37 heavy (non-hydrogen) atoms. The molecule has 1 aliphatic heterocycles. The third kappa shape index (κ3) is 5.04. The Morgan fingerprint density at radius 2 is 1.89 bits per heavy atom. The Hall–Kier alpha value is -4.21. The Labute approximate surface area is 216 Å². The van der Waals surface area contributed by atoms with E-state index in [1.165, 1.54) is 4.90 Å². The Morgan fingerprint density at radius 1 is 1.14 bits per heavy atom. The number of carbonyl (C=O) groups is 3. The average molecular weight is 504 g/mol. The highest BCUT2D eigenvalue weighted by Crippen LogP contribution is 2.33. The molecule has 0 saturated carbocycles. The quantitative estimate of drug-likeness (QED) is 0.478. The maximum Gasteiger partial charge on any atom is 0.325 e. The molecule has 10 nitrogen and oxygen atoms in total. The van der Waals surface area contributed by atoms with Crippen LogP contribution in [0.5, 0.6) is 0 Å². The highest BCUT2D eigenvalue weighted by atomic mass is 16.2. The number of nitrogen functional groups attached to an aromatic ring is 1. The van der Waals surface area contributed by atoms with Crippen molar-refractivity contribution in [3.8, 4) is 0 Å². The molecule has 0 spiro atoms. The van der Waals surface area contributed by atoms with Crippen LogP contribution < -0.4 is 16.0 Å². The second kappa shape index (κ2) is 10.4. The zero-order valence-electron chi connectivity index (χ0n) is 21.8. The van der Waals surface area contributed by atoms with Gasteiger partial charge in [0.05, 0.1) is 12.0 Å². The van der Waals surface area contributed by atoms with Gasteiger partial charge in [-0.25, -0.2) is 14.8 Å². The van der Waals surface area contributed by atoms with Gasteiger partial charge < -0.3 is 15.6 Å². The molecule has 1 fully saturated rings. The standard InChI is InChI=1S/C27H33N7O3/c1-6-21(19-8-7-16(2)17(3)13-19)31-27(37)34-23(25(36)33(5)26-30-11-12-32(26)4)20(24(34)35)14-18-9-10-29-22(28)15-18/h7-13,15,20-21,23H,6,14H2,1-5H3,(H2,28,29)(H,31,37)/t20-,21-,23+/m1/s1. The number of carbonyl (C=O) groups excluding carboxylic acids is 3. The summed E-state index contributed by atoms with van der Waals surface area (Å²) in [6.07, 6.45) is 5.76. The number of β-lactam (4-membered cyclic amide) rings is 1. The Morgan fingerprint density at radius 3 is 2.51 bits per heavy atom. The lowest BCUT2D eigenvalue weighted by Crippen LogP contribution is -2.70. The molecular weight excluding hydrogens is 470 g/mol. The summed E-state index contributed by atoms with van der Waals surface area (Å²) in [5, 5.41) is 2.97. The van der Waals surface area contributed by atoms with Gasteiger partial charge in [-0.05, 0) is 61.1 Å². The second-order valence-corrected chi connectivity index (χ2v) is 9.54. The van der Waals surface area contributed by atoms with Gasteiger partial charge in [-0.3, -0.25) is 19.4 Å². The summed E-state index contributed by atoms with van der Waals surface area (Å²) < 4.78 is 1.70. The second-order valence-electron chi connectivity index (χ2n) is 9.54. The highest BCUT2D eigenvalue weighted by Gasteiger charge is 2.55. The summed E-state index contributed by atoms with van der Waals surface area (Å²) in [4.78, 5) is 51.1. The van der Waals surface area contributed by atoms with E-state index in [4.69, 9.17) is 5.73 Å². The van der Waals surface area contributed by atoms with E-state index in [1.807, 2.05) is 39.0 Å². The van der Waals surface area contributed by atoms with Gasteiger partial charge in [0.2, 0.25) is 11.9 Å². The molecule has 194 valence electrons. The smallest absolute Gasteiger partial charge is 0.325 e. The summed E-state index contributed by atoms with van der Waals surface area (Å²) in [5.74, 6) is -0.779. The van der Waals surface area contributed by atoms with E-state index in [-0.39, 0.29) is 12.5 Å². The van der Waals surface area contributed by atoms with Gasteiger partial charge in [-0.15, -0.1) is 0 Å². The number of hydrogen-bond acceptors (Lipinski definition) is 6. The largest absolute Gasteiger partial charge is 0.384 e. The van der Waals surface area contributed by atoms with Crippen LogP contribution in [0.1, 0.15) is 41.6 Å². The lowest BCUT2D eigenvalue weighted by Gasteiger charge is -2.45. The maximum atomic E-state index is 13.7. The van der Waals surface area contributed by atoms with Crippen LogP contribution in [0.4, 0.5) is 16.6 Å². The number of anilines is 2. The fourth-order valence-electron chi connectivity index (χ4n) is 4.73. The average Bonchev–Trinajstić information content (AvgIpc) is 3.30. The molecule has 4 rings (SSSR count). The zero-order valence-corrected chi connectivity index (χ0v) is 21.8. The number of benzene rings is 1. The van der Waals surface area contributed by atoms with Crippen molar-refractivity contribution in [2.75, 3.05) is 17.7 Å². The van der Waals surface area contributed by atoms with Crippen molar-refractivity contribution in [3.63, 3.8) is 0 Å². The molecule has 3 atom stereocenters. The van der Waals surface area contributed by atoms with Gasteiger partial charge in [-0.2, -0.15) is 0 Å². The number of nitrogens with one attached hydrogen (secondary N) is 1. The fourth-order valence-corrected chi connectivity index (χ4v) is 4.73. The number of aromatic nitrogens is 3. The number of likely N-dealkylation sites (tertiary alicyclic amines) is 1. The molecule has 3 heterocycles. The van der Waals surface area contributed by atoms with E-state index in [0.29, 0.717) is 18.2 Å². The van der Waals surface area contributed by atoms with E-state index < -0.39 is 29.8 Å². The Bertz CT molecular complexity index is 1340. The molecule has 1 aliphatic rings. The number of rotatable bonds is 7. The van der Waals surface area contributed by atoms with Crippen LogP contribution in [-0.4, -0.2) is 50.4 Å². The number of nitrogens with zero attached hydrogens (tertiary/aromatic N) is 5. The summed E-state index contributed by atoms with van der Waals surface area (Å²) in [6.45, 7) is 6.01. The van der Waals surface area contributed by atoms with E-state index >= 15 is 0 Å². The van der Waals surface area contributed by atoms with Gasteiger partial charge >= 0.3 is 6.03 Å². The highest BCUT2D eigenvalue weighted by molar-refractivity contribution is 6.12. The molecular formula is C27H33N7O3. The number of hydrogen-bond donors (Lipinski definition) is 2. The van der Waals surface area contributed by atoms with Crippen LogP contribution in [0.2, 0.25) is 0 Å². The molecule has 0 radical (unpaired) electrons. The lowest BCUT2D eigenvalue weighted by molar-refractivity contribution is -0.156. The van der Waals surface area contributed by atoms with Gasteiger partial charge in [0.25, 0.3) is 5.91 Å². The molecule has 1 saturated heterocycles. The summed E-state index contributed by atoms with van der Waals surface area (Å²) in [6, 6.07) is 7.57. The topological polar surface area (TPSA) is 126 Å². The van der Waals surface area contributed by atoms with E-state index in [0.717, 1.165) is 27.2 Å². The molecule has 0 aliphatic carbocycles. The first-order valence-corrected chi connectivity index (χ1v) is 12.3. The number of aryl methyl sites for hydroxylation is 3. The molecule has 3 aromatic rings. The number of urea groups is 1. The molecule has 3 N–H and O–H groups in total. The van der Waals surface area contributed by atoms with Crippen molar-refractivity contribution in [2.24, 2.45) is 13.0 Å². The van der Waals surface area contributed by atoms with Crippen molar-refractivity contribution in [2.45, 2.75) is 45.7 Å². The number of nitrogens with two attached hydrogens (primary N) is 1. The minimum Gasteiger partial charge on any atom is -0.384 e. The van der Waals surface area contributed by atoms with Crippen molar-refractivity contribution in [3.05, 3.63) is 71.2 Å². The molecule has 1 aromatic carbocycles. The van der Waals surface area contributed by atoms with Gasteiger partial charge in [0, 0.05) is 32.7 Å². The number of imide groups is 1. The Kier molecular flexibility index (Phi) is 7.28. The summed E-state index contributed by atoms with van der Waals surface area (Å²) in [7, 11) is 3.37. The first kappa shape index (κ1) is 25.9. The lowest BCUT2D eigenvalue weighted by atomic mass is 9.81. The van der Waals surface area contributed by atoms with Crippen LogP contribution in [0.25, 0.3) is 0 Å². The van der Waals surface area contributed by atoms with E-state index in [1.54, 1.807) is 49.4 Å².